The quantitative estimate of drug-likeness (QED) is 0.727. The highest BCUT2D eigenvalue weighted by molar-refractivity contribution is 5.75. The Morgan fingerprint density at radius 1 is 1.50 bits per heavy atom. The molecule has 0 heterocycles. The Labute approximate surface area is 95.7 Å². The highest BCUT2D eigenvalue weighted by Gasteiger charge is 2.20. The molecule has 0 aliphatic heterocycles. The topological polar surface area (TPSA) is 50.1 Å². The minimum absolute atomic E-state index is 0.310. The third kappa shape index (κ3) is 3.09. The smallest absolute Gasteiger partial charge is 0.323 e. The molecular weight excluding hydrogens is 202 g/mol. The molecule has 1 atom stereocenters. The molecule has 0 bridgehead atoms. The normalized spacial score (nSPS) is 11.6. The van der Waals surface area contributed by atoms with Gasteiger partial charge in [0.2, 0.25) is 0 Å². The van der Waals surface area contributed by atoms with Gasteiger partial charge in [-0.05, 0) is 31.4 Å². The molecule has 1 aromatic carbocycles. The van der Waals surface area contributed by atoms with Crippen LogP contribution >= 0.6 is 0 Å². The van der Waals surface area contributed by atoms with Gasteiger partial charge in [0.25, 0.3) is 0 Å². The number of ether oxygens (including phenoxy) is 1. The van der Waals surface area contributed by atoms with E-state index in [2.05, 4.69) is 0 Å². The second-order valence-corrected chi connectivity index (χ2v) is 3.56. The molecule has 0 aliphatic carbocycles. The van der Waals surface area contributed by atoms with Gasteiger partial charge in [-0.2, -0.15) is 5.26 Å². The molecule has 84 valence electrons. The Bertz CT molecular complexity index is 407. The van der Waals surface area contributed by atoms with E-state index in [1.807, 2.05) is 37.3 Å². The van der Waals surface area contributed by atoms with Crippen molar-refractivity contribution >= 4 is 5.97 Å². The van der Waals surface area contributed by atoms with Gasteiger partial charge in [0.1, 0.15) is 5.92 Å². The molecule has 0 saturated heterocycles. The number of nitrogens with zero attached hydrogens (tertiary/aromatic N) is 1. The molecule has 0 spiro atoms. The predicted octanol–water partition coefficient (Wildman–Crippen LogP) is 2.24. The molecule has 0 N–H and O–H groups in total. The number of rotatable bonds is 4. The van der Waals surface area contributed by atoms with Crippen molar-refractivity contribution in [1.82, 2.24) is 0 Å². The summed E-state index contributed by atoms with van der Waals surface area (Å²) in [5.41, 5.74) is 2.11. The first-order chi connectivity index (χ1) is 7.69. The van der Waals surface area contributed by atoms with E-state index in [9.17, 15) is 4.79 Å². The average molecular weight is 217 g/mol. The highest BCUT2D eigenvalue weighted by Crippen LogP contribution is 2.14. The number of hydrogen-bond donors (Lipinski definition) is 0. The van der Waals surface area contributed by atoms with E-state index >= 15 is 0 Å². The number of nitriles is 1. The van der Waals surface area contributed by atoms with Crippen LogP contribution in [0.2, 0.25) is 0 Å². The number of carbonyl (C=O) groups excluding carboxylic acids is 1. The minimum Gasteiger partial charge on any atom is -0.465 e. The van der Waals surface area contributed by atoms with Crippen LogP contribution in [-0.4, -0.2) is 12.6 Å². The van der Waals surface area contributed by atoms with Crippen LogP contribution in [0.15, 0.2) is 24.3 Å². The first-order valence-electron chi connectivity index (χ1n) is 5.29. The van der Waals surface area contributed by atoms with Gasteiger partial charge in [-0.1, -0.05) is 24.3 Å². The van der Waals surface area contributed by atoms with E-state index in [-0.39, 0.29) is 0 Å². The summed E-state index contributed by atoms with van der Waals surface area (Å²) in [6, 6.07) is 9.72. The van der Waals surface area contributed by atoms with Gasteiger partial charge in [-0.25, -0.2) is 0 Å². The van der Waals surface area contributed by atoms with E-state index in [1.54, 1.807) is 6.92 Å². The molecule has 1 rings (SSSR count). The minimum atomic E-state index is -0.707. The summed E-state index contributed by atoms with van der Waals surface area (Å²) >= 11 is 0. The molecule has 3 heteroatoms. The summed E-state index contributed by atoms with van der Waals surface area (Å²) in [6.45, 7) is 4.01. The number of aryl methyl sites for hydroxylation is 1. The number of carbonyl (C=O) groups is 1. The fraction of sp³-hybridized carbons (Fsp3) is 0.385. The van der Waals surface area contributed by atoms with Crippen molar-refractivity contribution in [2.45, 2.75) is 20.3 Å². The van der Waals surface area contributed by atoms with Crippen LogP contribution < -0.4 is 0 Å². The third-order valence-corrected chi connectivity index (χ3v) is 2.41. The Hall–Kier alpha value is -1.82. The summed E-state index contributed by atoms with van der Waals surface area (Å²) in [4.78, 5) is 11.4. The molecule has 0 aliphatic rings. The van der Waals surface area contributed by atoms with Gasteiger partial charge >= 0.3 is 5.97 Å². The SMILES string of the molecule is CCOC(=O)C(C#N)Cc1ccccc1C. The fourth-order valence-corrected chi connectivity index (χ4v) is 1.48. The standard InChI is InChI=1S/C13H15NO2/c1-3-16-13(15)12(9-14)8-11-7-5-4-6-10(11)2/h4-7,12H,3,8H2,1-2H3. The van der Waals surface area contributed by atoms with E-state index in [0.29, 0.717) is 13.0 Å². The molecule has 0 radical (unpaired) electrons. The van der Waals surface area contributed by atoms with E-state index < -0.39 is 11.9 Å². The molecule has 0 amide bonds. The fourth-order valence-electron chi connectivity index (χ4n) is 1.48. The molecule has 1 aromatic rings. The summed E-state index contributed by atoms with van der Waals surface area (Å²) in [5, 5.41) is 8.92. The summed E-state index contributed by atoms with van der Waals surface area (Å²) in [7, 11) is 0. The van der Waals surface area contributed by atoms with Gasteiger partial charge in [0, 0.05) is 0 Å². The highest BCUT2D eigenvalue weighted by atomic mass is 16.5. The lowest BCUT2D eigenvalue weighted by Gasteiger charge is -2.10. The molecule has 0 aromatic heterocycles. The first-order valence-corrected chi connectivity index (χ1v) is 5.29. The van der Waals surface area contributed by atoms with Crippen LogP contribution in [0.25, 0.3) is 0 Å². The summed E-state index contributed by atoms with van der Waals surface area (Å²) < 4.78 is 4.85. The third-order valence-electron chi connectivity index (χ3n) is 2.41. The van der Waals surface area contributed by atoms with Gasteiger partial charge in [0.05, 0.1) is 12.7 Å². The molecule has 3 nitrogen and oxygen atoms in total. The van der Waals surface area contributed by atoms with Crippen LogP contribution in [0.1, 0.15) is 18.1 Å². The zero-order valence-corrected chi connectivity index (χ0v) is 9.56. The molecule has 16 heavy (non-hydrogen) atoms. The summed E-state index contributed by atoms with van der Waals surface area (Å²) in [6.07, 6.45) is 0.419. The van der Waals surface area contributed by atoms with Crippen molar-refractivity contribution in [2.75, 3.05) is 6.61 Å². The van der Waals surface area contributed by atoms with E-state index in [1.165, 1.54) is 0 Å². The van der Waals surface area contributed by atoms with E-state index in [4.69, 9.17) is 10.00 Å². The maximum Gasteiger partial charge on any atom is 0.323 e. The predicted molar refractivity (Wildman–Crippen MR) is 60.6 cm³/mol. The van der Waals surface area contributed by atoms with Crippen molar-refractivity contribution in [2.24, 2.45) is 5.92 Å². The van der Waals surface area contributed by atoms with Crippen LogP contribution in [-0.2, 0) is 16.0 Å². The van der Waals surface area contributed by atoms with Crippen LogP contribution in [0.4, 0.5) is 0 Å². The van der Waals surface area contributed by atoms with E-state index in [0.717, 1.165) is 11.1 Å². The second-order valence-electron chi connectivity index (χ2n) is 3.56. The largest absolute Gasteiger partial charge is 0.465 e. The zero-order chi connectivity index (χ0) is 12.0. The van der Waals surface area contributed by atoms with Crippen molar-refractivity contribution in [3.63, 3.8) is 0 Å². The maximum atomic E-state index is 11.4. The summed E-state index contributed by atoms with van der Waals surface area (Å²) in [5.74, 6) is -1.14. The number of hydrogen-bond acceptors (Lipinski definition) is 3. The van der Waals surface area contributed by atoms with Crippen LogP contribution in [0.3, 0.4) is 0 Å². The Kier molecular flexibility index (Phi) is 4.53. The Morgan fingerprint density at radius 2 is 2.19 bits per heavy atom. The van der Waals surface area contributed by atoms with Crippen molar-refractivity contribution in [1.29, 1.82) is 5.26 Å². The lowest BCUT2D eigenvalue weighted by molar-refractivity contribution is -0.145. The number of benzene rings is 1. The Balaban J connectivity index is 2.75. The van der Waals surface area contributed by atoms with Crippen molar-refractivity contribution < 1.29 is 9.53 Å². The molecular formula is C13H15NO2. The maximum absolute atomic E-state index is 11.4. The lowest BCUT2D eigenvalue weighted by Crippen LogP contribution is -2.18. The van der Waals surface area contributed by atoms with Crippen molar-refractivity contribution in [3.05, 3.63) is 35.4 Å². The molecule has 0 fully saturated rings. The van der Waals surface area contributed by atoms with Crippen LogP contribution in [0.5, 0.6) is 0 Å². The van der Waals surface area contributed by atoms with Crippen molar-refractivity contribution in [3.8, 4) is 6.07 Å². The Morgan fingerprint density at radius 3 is 2.75 bits per heavy atom. The lowest BCUT2D eigenvalue weighted by atomic mass is 9.97. The van der Waals surface area contributed by atoms with Gasteiger partial charge in [-0.3, -0.25) is 4.79 Å². The average Bonchev–Trinajstić information content (AvgIpc) is 2.28. The first kappa shape index (κ1) is 12.3. The van der Waals surface area contributed by atoms with Crippen LogP contribution in [0, 0.1) is 24.2 Å². The van der Waals surface area contributed by atoms with Gasteiger partial charge in [0.15, 0.2) is 0 Å². The number of esters is 1. The monoisotopic (exact) mass is 217 g/mol. The zero-order valence-electron chi connectivity index (χ0n) is 9.56. The molecule has 0 saturated carbocycles. The molecule has 1 unspecified atom stereocenters. The second kappa shape index (κ2) is 5.92. The van der Waals surface area contributed by atoms with Gasteiger partial charge < -0.3 is 4.74 Å². The van der Waals surface area contributed by atoms with Gasteiger partial charge in [-0.15, -0.1) is 0 Å².